The molecule has 5 heterocycles. The van der Waals surface area contributed by atoms with Gasteiger partial charge in [0.2, 0.25) is 12.3 Å². The Morgan fingerprint density at radius 2 is 1.29 bits per heavy atom. The Balaban J connectivity index is 1.91. The fourth-order valence-corrected chi connectivity index (χ4v) is 7.06. The highest BCUT2D eigenvalue weighted by Crippen LogP contribution is 2.20. The normalized spacial score (nSPS) is 17.8. The fourth-order valence-electron chi connectivity index (χ4n) is 7.06. The zero-order chi connectivity index (χ0) is 48.9. The smallest absolute Gasteiger partial charge is 0.296 e. The second-order valence-corrected chi connectivity index (χ2v) is 15.8. The molecular formula is C42H60N10O14. The molecule has 7 amide bonds. The molecule has 2 atom stereocenters. The monoisotopic (exact) mass is 928 g/mol. The van der Waals surface area contributed by atoms with Gasteiger partial charge in [-0.1, -0.05) is 25.7 Å². The standard InChI is InChI=1S/C42H60N10O14/c1-48(64)34(55)23-33(54)27-11-5-3-4-8-21-50(36(57)24-35(56)49(2)65)22-10-20-45-38(59)30-15-17-32(52(66)42(30)63)39(60)46-25-28(13-6-7-18-43)47-40(61)31-16-14-29(41(62)51(31)26-53)37(58)44-19-9-12-27/h14-17,26-28,64-66H,3-13,18-25,43H2,1-2H3,(H,44,58)(H,45,59)(H,46,60)(H,47,61)/t27?,28-/m0/s1. The summed E-state index contributed by atoms with van der Waals surface area (Å²) in [5, 5.41) is 40.5. The van der Waals surface area contributed by atoms with Gasteiger partial charge >= 0.3 is 0 Å². The number of hydrogen-bond acceptors (Lipinski definition) is 15. The average molecular weight is 929 g/mol. The van der Waals surface area contributed by atoms with Gasteiger partial charge in [0, 0.05) is 58.8 Å². The van der Waals surface area contributed by atoms with Crippen molar-refractivity contribution < 1.29 is 58.8 Å². The van der Waals surface area contributed by atoms with Gasteiger partial charge in [0.1, 0.15) is 34.7 Å². The average Bonchev–Trinajstić information content (AvgIpc) is 3.27. The molecule has 1 unspecified atom stereocenters. The van der Waals surface area contributed by atoms with Crippen molar-refractivity contribution in [3.8, 4) is 0 Å². The molecule has 3 aliphatic rings. The lowest BCUT2D eigenvalue weighted by atomic mass is 9.90. The Hall–Kier alpha value is -6.79. The molecule has 24 nitrogen and oxygen atoms in total. The molecule has 0 radical (unpaired) electrons. The molecule has 3 aliphatic heterocycles. The minimum atomic E-state index is -1.23. The summed E-state index contributed by atoms with van der Waals surface area (Å²) in [5.41, 5.74) is 1.34. The molecule has 5 rings (SSSR count). The molecule has 9 N–H and O–H groups in total. The van der Waals surface area contributed by atoms with Crippen LogP contribution >= 0.6 is 0 Å². The van der Waals surface area contributed by atoms with E-state index in [-0.39, 0.29) is 69.5 Å². The van der Waals surface area contributed by atoms with Crippen LogP contribution in [0, 0.1) is 5.92 Å². The van der Waals surface area contributed by atoms with Crippen LogP contribution in [-0.2, 0) is 24.0 Å². The number of aromatic nitrogens is 2. The van der Waals surface area contributed by atoms with Gasteiger partial charge in [-0.25, -0.2) is 14.7 Å². The van der Waals surface area contributed by atoms with Crippen LogP contribution in [0.4, 0.5) is 0 Å². The van der Waals surface area contributed by atoms with Gasteiger partial charge in [-0.15, -0.1) is 4.73 Å². The second kappa shape index (κ2) is 26.9. The molecule has 0 spiro atoms. The first kappa shape index (κ1) is 53.5. The molecule has 2 aromatic rings. The van der Waals surface area contributed by atoms with Crippen molar-refractivity contribution >= 4 is 53.5 Å². The summed E-state index contributed by atoms with van der Waals surface area (Å²) in [6.45, 7) is 0.217. The molecule has 66 heavy (non-hydrogen) atoms. The van der Waals surface area contributed by atoms with E-state index in [0.29, 0.717) is 66.2 Å². The van der Waals surface area contributed by atoms with E-state index in [4.69, 9.17) is 5.73 Å². The van der Waals surface area contributed by atoms with Crippen LogP contribution in [-0.4, -0.2) is 153 Å². The van der Waals surface area contributed by atoms with Gasteiger partial charge < -0.3 is 37.1 Å². The number of pyridine rings is 2. The van der Waals surface area contributed by atoms with Crippen LogP contribution in [0.25, 0.3) is 0 Å². The fraction of sp³-hybridized carbons (Fsp3) is 0.548. The van der Waals surface area contributed by atoms with Gasteiger partial charge in [0.25, 0.3) is 46.6 Å². The van der Waals surface area contributed by atoms with Crippen molar-refractivity contribution in [2.45, 2.75) is 89.5 Å². The molecule has 4 bridgehead atoms. The molecule has 0 saturated heterocycles. The number of carbonyl (C=O) groups is 9. The van der Waals surface area contributed by atoms with Crippen LogP contribution in [0.15, 0.2) is 33.9 Å². The van der Waals surface area contributed by atoms with Crippen LogP contribution < -0.4 is 38.1 Å². The number of hydroxylamine groups is 4. The number of ketones is 1. The Labute approximate surface area is 379 Å². The van der Waals surface area contributed by atoms with Gasteiger partial charge in [-0.2, -0.15) is 0 Å². The van der Waals surface area contributed by atoms with E-state index in [1.54, 1.807) is 0 Å². The largest absolute Gasteiger partial charge is 0.425 e. The predicted octanol–water partition coefficient (Wildman–Crippen LogP) is -0.974. The van der Waals surface area contributed by atoms with Crippen molar-refractivity contribution in [3.05, 3.63) is 67.5 Å². The lowest BCUT2D eigenvalue weighted by Crippen LogP contribution is -2.46. The minimum Gasteiger partial charge on any atom is -0.425 e. The third-order valence-corrected chi connectivity index (χ3v) is 10.9. The maximum Gasteiger partial charge on any atom is 0.296 e. The summed E-state index contributed by atoms with van der Waals surface area (Å²) in [5.74, 6) is -6.97. The Kier molecular flexibility index (Phi) is 21.8. The highest BCUT2D eigenvalue weighted by molar-refractivity contribution is 6.00. The lowest BCUT2D eigenvalue weighted by molar-refractivity contribution is -0.162. The van der Waals surface area contributed by atoms with Crippen molar-refractivity contribution in [3.63, 3.8) is 0 Å². The summed E-state index contributed by atoms with van der Waals surface area (Å²) in [6.07, 6.45) is 3.19. The molecule has 0 saturated carbocycles. The summed E-state index contributed by atoms with van der Waals surface area (Å²) in [4.78, 5) is 143. The molecule has 362 valence electrons. The number of rotatable bonds is 10. The van der Waals surface area contributed by atoms with E-state index in [2.05, 4.69) is 21.3 Å². The number of hydrogen-bond donors (Lipinski definition) is 8. The predicted molar refractivity (Wildman–Crippen MR) is 232 cm³/mol. The van der Waals surface area contributed by atoms with E-state index in [9.17, 15) is 68.4 Å². The quantitative estimate of drug-likeness (QED) is 0.0355. The maximum atomic E-state index is 13.5. The number of carbonyl (C=O) groups excluding carboxylic acids is 9. The number of nitrogens with two attached hydrogens (primary N) is 1. The summed E-state index contributed by atoms with van der Waals surface area (Å²) < 4.78 is 0.432. The number of nitrogens with zero attached hydrogens (tertiary/aromatic N) is 5. The first-order chi connectivity index (χ1) is 31.4. The Bertz CT molecular complexity index is 2210. The first-order valence-corrected chi connectivity index (χ1v) is 21.6. The molecule has 0 aliphatic carbocycles. The molecule has 0 aromatic carbocycles. The zero-order valence-corrected chi connectivity index (χ0v) is 37.1. The van der Waals surface area contributed by atoms with Gasteiger partial charge in [0.05, 0.1) is 6.42 Å². The molecule has 2 aromatic heterocycles. The van der Waals surface area contributed by atoms with Crippen LogP contribution in [0.5, 0.6) is 0 Å². The minimum absolute atomic E-state index is 0.0138. The van der Waals surface area contributed by atoms with E-state index < -0.39 is 106 Å². The highest BCUT2D eigenvalue weighted by Gasteiger charge is 2.26. The molecule has 0 fully saturated rings. The van der Waals surface area contributed by atoms with Gasteiger partial charge in [-0.05, 0) is 75.8 Å². The molecular weight excluding hydrogens is 869 g/mol. The van der Waals surface area contributed by atoms with E-state index >= 15 is 0 Å². The number of Topliss-reactive ketones (excluding diaryl/α,β-unsaturated/α-hetero) is 1. The lowest BCUT2D eigenvalue weighted by Gasteiger charge is -2.23. The van der Waals surface area contributed by atoms with Crippen LogP contribution in [0.1, 0.15) is 125 Å². The van der Waals surface area contributed by atoms with Crippen molar-refractivity contribution in [1.29, 1.82) is 0 Å². The van der Waals surface area contributed by atoms with Crippen molar-refractivity contribution in [2.75, 3.05) is 53.4 Å². The van der Waals surface area contributed by atoms with Gasteiger partial charge in [0.15, 0.2) is 0 Å². The maximum absolute atomic E-state index is 13.5. The topological polar surface area (TPSA) is 342 Å². The Morgan fingerprint density at radius 1 is 0.712 bits per heavy atom. The van der Waals surface area contributed by atoms with E-state index in [1.165, 1.54) is 4.90 Å². The van der Waals surface area contributed by atoms with Crippen molar-refractivity contribution in [2.24, 2.45) is 11.7 Å². The van der Waals surface area contributed by atoms with E-state index in [0.717, 1.165) is 38.4 Å². The first-order valence-electron chi connectivity index (χ1n) is 21.6. The SMILES string of the molecule is CN(O)C(=O)CC(=O)C1CCCCCCN(C(=O)CC(=O)N(C)O)CCCNC(=O)c2ccc(n(O)c2=O)C(=O)NC[C@H](CCCCN)NC(=O)c2ccc(c(=O)n2C=O)C(=O)NCCC1. The second-order valence-electron chi connectivity index (χ2n) is 15.8. The highest BCUT2D eigenvalue weighted by atomic mass is 16.5. The summed E-state index contributed by atoms with van der Waals surface area (Å²) in [6, 6.07) is 3.38. The number of nitrogens with one attached hydrogen (secondary N) is 4. The zero-order valence-electron chi connectivity index (χ0n) is 37.1. The third-order valence-electron chi connectivity index (χ3n) is 10.9. The summed E-state index contributed by atoms with van der Waals surface area (Å²) in [7, 11) is 2.17. The van der Waals surface area contributed by atoms with Crippen molar-refractivity contribution in [1.82, 2.24) is 45.6 Å². The van der Waals surface area contributed by atoms with Gasteiger partial charge in [-0.3, -0.25) is 63.2 Å². The van der Waals surface area contributed by atoms with Crippen LogP contribution in [0.3, 0.4) is 0 Å². The number of unbranched alkanes of at least 4 members (excludes halogenated alkanes) is 1. The number of fused-ring (bicyclic) bond motifs is 2. The molecule has 24 heteroatoms. The summed E-state index contributed by atoms with van der Waals surface area (Å²) >= 11 is 0. The third kappa shape index (κ3) is 16.0. The Morgan fingerprint density at radius 3 is 1.92 bits per heavy atom. The van der Waals surface area contributed by atoms with Crippen LogP contribution in [0.2, 0.25) is 0 Å². The van der Waals surface area contributed by atoms with E-state index in [1.807, 2.05) is 0 Å². The number of amides is 7.